The van der Waals surface area contributed by atoms with Crippen LogP contribution in [-0.2, 0) is 0 Å². The van der Waals surface area contributed by atoms with Gasteiger partial charge in [-0.2, -0.15) is 0 Å². The molecule has 0 bridgehead atoms. The lowest BCUT2D eigenvalue weighted by molar-refractivity contribution is 0.110. The van der Waals surface area contributed by atoms with Crippen LogP contribution in [0, 0.1) is 5.82 Å². The number of carbonyl (C=O) groups excluding carboxylic acids is 1. The Morgan fingerprint density at radius 1 is 1.28 bits per heavy atom. The lowest BCUT2D eigenvalue weighted by Gasteiger charge is -2.06. The Morgan fingerprint density at radius 2 is 2.00 bits per heavy atom. The minimum Gasteiger partial charge on any atom is -0.453 e. The molecule has 0 saturated carbocycles. The van der Waals surface area contributed by atoms with Crippen LogP contribution in [0.2, 0.25) is 0 Å². The fourth-order valence-corrected chi connectivity index (χ4v) is 2.15. The van der Waals surface area contributed by atoms with Crippen LogP contribution in [0.1, 0.15) is 22.5 Å². The monoisotopic (exact) mass is 318 g/mol. The molecule has 0 saturated heterocycles. The second-order valence-electron chi connectivity index (χ2n) is 3.48. The summed E-state index contributed by atoms with van der Waals surface area (Å²) >= 11 is 3.01. The van der Waals surface area contributed by atoms with E-state index in [4.69, 9.17) is 4.42 Å². The van der Waals surface area contributed by atoms with E-state index >= 15 is 0 Å². The molecule has 2 nitrogen and oxygen atoms in total. The molecule has 0 unspecified atom stereocenters. The van der Waals surface area contributed by atoms with Crippen molar-refractivity contribution >= 4 is 22.2 Å². The van der Waals surface area contributed by atoms with Crippen LogP contribution < -0.4 is 0 Å². The van der Waals surface area contributed by atoms with Crippen molar-refractivity contribution in [3.63, 3.8) is 0 Å². The SMILES string of the molecule is O=Cc1ccc(-c2c(F)cc(C(F)F)cc2Br)o1. The average Bonchev–Trinajstić information content (AvgIpc) is 2.76. The predicted molar refractivity (Wildman–Crippen MR) is 62.1 cm³/mol. The number of hydrogen-bond acceptors (Lipinski definition) is 2. The highest BCUT2D eigenvalue weighted by molar-refractivity contribution is 9.10. The predicted octanol–water partition coefficient (Wildman–Crippen LogP) is 4.60. The van der Waals surface area contributed by atoms with Gasteiger partial charge in [-0.25, -0.2) is 13.2 Å². The Labute approximate surface area is 109 Å². The molecule has 0 aliphatic carbocycles. The summed E-state index contributed by atoms with van der Waals surface area (Å²) in [7, 11) is 0. The summed E-state index contributed by atoms with van der Waals surface area (Å²) < 4.78 is 43.9. The summed E-state index contributed by atoms with van der Waals surface area (Å²) in [5.41, 5.74) is -0.419. The smallest absolute Gasteiger partial charge is 0.263 e. The van der Waals surface area contributed by atoms with Gasteiger partial charge in [0.15, 0.2) is 12.0 Å². The molecule has 0 radical (unpaired) electrons. The van der Waals surface area contributed by atoms with Crippen molar-refractivity contribution in [3.8, 4) is 11.3 Å². The number of furan rings is 1. The normalized spacial score (nSPS) is 10.9. The quantitative estimate of drug-likeness (QED) is 0.774. The molecule has 0 N–H and O–H groups in total. The molecule has 1 heterocycles. The Kier molecular flexibility index (Phi) is 3.56. The first kappa shape index (κ1) is 12.9. The van der Waals surface area contributed by atoms with Gasteiger partial charge in [-0.3, -0.25) is 4.79 Å². The van der Waals surface area contributed by atoms with Gasteiger partial charge >= 0.3 is 0 Å². The van der Waals surface area contributed by atoms with E-state index in [2.05, 4.69) is 15.9 Å². The topological polar surface area (TPSA) is 30.2 Å². The van der Waals surface area contributed by atoms with Crippen LogP contribution in [-0.4, -0.2) is 6.29 Å². The molecular weight excluding hydrogens is 313 g/mol. The van der Waals surface area contributed by atoms with Crippen LogP contribution >= 0.6 is 15.9 Å². The first-order chi connectivity index (χ1) is 8.52. The van der Waals surface area contributed by atoms with Gasteiger partial charge in [0.25, 0.3) is 6.43 Å². The number of benzene rings is 1. The highest BCUT2D eigenvalue weighted by Gasteiger charge is 2.18. The second-order valence-corrected chi connectivity index (χ2v) is 4.33. The van der Waals surface area contributed by atoms with E-state index in [1.165, 1.54) is 12.1 Å². The van der Waals surface area contributed by atoms with E-state index in [0.717, 1.165) is 12.1 Å². The summed E-state index contributed by atoms with van der Waals surface area (Å²) in [6.07, 6.45) is -2.28. The van der Waals surface area contributed by atoms with Gasteiger partial charge in [0.2, 0.25) is 0 Å². The van der Waals surface area contributed by atoms with Crippen LogP contribution in [0.4, 0.5) is 13.2 Å². The van der Waals surface area contributed by atoms with Gasteiger partial charge in [-0.05, 0) is 40.2 Å². The summed E-state index contributed by atoms with van der Waals surface area (Å²) in [5.74, 6) is -0.706. The number of rotatable bonds is 3. The minimum absolute atomic E-state index is 0.00694. The van der Waals surface area contributed by atoms with E-state index in [1.54, 1.807) is 0 Å². The van der Waals surface area contributed by atoms with Gasteiger partial charge in [-0.1, -0.05) is 0 Å². The standard InChI is InChI=1S/C12H6BrF3O2/c13-8-3-6(12(15)16)4-9(14)11(8)10-2-1-7(5-17)18-10/h1-5,12H. The van der Waals surface area contributed by atoms with E-state index in [0.29, 0.717) is 6.29 Å². The molecule has 2 rings (SSSR count). The zero-order valence-electron chi connectivity index (χ0n) is 8.79. The summed E-state index contributed by atoms with van der Waals surface area (Å²) in [6.45, 7) is 0. The van der Waals surface area contributed by atoms with Crippen LogP contribution in [0.5, 0.6) is 0 Å². The Balaban J connectivity index is 2.54. The van der Waals surface area contributed by atoms with Crippen molar-refractivity contribution in [2.75, 3.05) is 0 Å². The molecule has 1 aromatic heterocycles. The highest BCUT2D eigenvalue weighted by Crippen LogP contribution is 2.35. The third-order valence-electron chi connectivity index (χ3n) is 2.31. The summed E-state index contributed by atoms with van der Waals surface area (Å²) in [4.78, 5) is 10.5. The lowest BCUT2D eigenvalue weighted by Crippen LogP contribution is -1.91. The summed E-state index contributed by atoms with van der Waals surface area (Å²) in [6, 6.07) is 4.63. The molecule has 0 aliphatic rings. The third kappa shape index (κ3) is 2.33. The van der Waals surface area contributed by atoms with Crippen molar-refractivity contribution in [1.82, 2.24) is 0 Å². The molecule has 2 aromatic rings. The average molecular weight is 319 g/mol. The molecule has 0 aliphatic heterocycles. The second kappa shape index (κ2) is 4.97. The number of alkyl halides is 2. The maximum Gasteiger partial charge on any atom is 0.263 e. The van der Waals surface area contributed by atoms with E-state index in [9.17, 15) is 18.0 Å². The summed E-state index contributed by atoms with van der Waals surface area (Å²) in [5, 5.41) is 0. The fourth-order valence-electron chi connectivity index (χ4n) is 1.50. The number of halogens is 4. The van der Waals surface area contributed by atoms with E-state index < -0.39 is 17.8 Å². The Bertz CT molecular complexity index is 570. The highest BCUT2D eigenvalue weighted by atomic mass is 79.9. The van der Waals surface area contributed by atoms with Crippen LogP contribution in [0.3, 0.4) is 0 Å². The molecule has 1 aromatic carbocycles. The first-order valence-corrected chi connectivity index (χ1v) is 5.64. The maximum atomic E-state index is 13.8. The van der Waals surface area contributed by atoms with E-state index in [1.807, 2.05) is 0 Å². The fraction of sp³-hybridized carbons (Fsp3) is 0.0833. The first-order valence-electron chi connectivity index (χ1n) is 4.85. The molecular formula is C12H6BrF3O2. The van der Waals surface area contributed by atoms with Crippen molar-refractivity contribution in [2.24, 2.45) is 0 Å². The van der Waals surface area contributed by atoms with Crippen molar-refractivity contribution < 1.29 is 22.4 Å². The van der Waals surface area contributed by atoms with Crippen molar-refractivity contribution in [2.45, 2.75) is 6.43 Å². The zero-order chi connectivity index (χ0) is 13.3. The van der Waals surface area contributed by atoms with Crippen LogP contribution in [0.25, 0.3) is 11.3 Å². The minimum atomic E-state index is -2.76. The number of hydrogen-bond donors (Lipinski definition) is 0. The lowest BCUT2D eigenvalue weighted by atomic mass is 10.1. The molecule has 0 amide bonds. The molecule has 6 heteroatoms. The maximum absolute atomic E-state index is 13.8. The molecule has 0 spiro atoms. The van der Waals surface area contributed by atoms with Crippen molar-refractivity contribution in [1.29, 1.82) is 0 Å². The van der Waals surface area contributed by atoms with E-state index in [-0.39, 0.29) is 21.6 Å². The third-order valence-corrected chi connectivity index (χ3v) is 2.93. The Morgan fingerprint density at radius 3 is 2.50 bits per heavy atom. The molecule has 0 atom stereocenters. The largest absolute Gasteiger partial charge is 0.453 e. The Hall–Kier alpha value is -1.56. The molecule has 94 valence electrons. The van der Waals surface area contributed by atoms with Gasteiger partial charge in [-0.15, -0.1) is 0 Å². The van der Waals surface area contributed by atoms with Gasteiger partial charge in [0, 0.05) is 10.0 Å². The molecule has 18 heavy (non-hydrogen) atoms. The zero-order valence-corrected chi connectivity index (χ0v) is 10.4. The van der Waals surface area contributed by atoms with Gasteiger partial charge < -0.3 is 4.42 Å². The van der Waals surface area contributed by atoms with Gasteiger partial charge in [0.05, 0.1) is 5.56 Å². The molecule has 0 fully saturated rings. The number of aldehydes is 1. The van der Waals surface area contributed by atoms with Crippen LogP contribution in [0.15, 0.2) is 33.2 Å². The van der Waals surface area contributed by atoms with Crippen molar-refractivity contribution in [3.05, 3.63) is 45.9 Å². The van der Waals surface area contributed by atoms with Gasteiger partial charge in [0.1, 0.15) is 11.6 Å². The number of carbonyl (C=O) groups is 1.